The molecule has 0 atom stereocenters. The SMILES string of the molecule is CC[n+]1c(SCC(=O)NN=Cc2cccc(O)c2)[nH]c2ccccc21. The standard InChI is InChI=1S/C18H18N4O2S/c1-2-22-16-9-4-3-8-15(16)20-18(22)25-12-17(24)21-19-11-13-6-5-7-14(23)10-13/h3-11H,2,12H2,1H3,(H2,21,23,24)/p+1. The molecule has 3 N–H and O–H groups in total. The van der Waals surface area contributed by atoms with Gasteiger partial charge in [-0.2, -0.15) is 5.10 Å². The van der Waals surface area contributed by atoms with Crippen molar-refractivity contribution in [1.29, 1.82) is 0 Å². The summed E-state index contributed by atoms with van der Waals surface area (Å²) < 4.78 is 2.14. The molecule has 0 aliphatic carbocycles. The van der Waals surface area contributed by atoms with Gasteiger partial charge < -0.3 is 5.11 Å². The van der Waals surface area contributed by atoms with E-state index in [9.17, 15) is 9.90 Å². The van der Waals surface area contributed by atoms with E-state index in [-0.39, 0.29) is 17.4 Å². The number of hydrogen-bond acceptors (Lipinski definition) is 4. The van der Waals surface area contributed by atoms with Gasteiger partial charge in [-0.3, -0.25) is 4.79 Å². The number of fused-ring (bicyclic) bond motifs is 1. The number of hydrogen-bond donors (Lipinski definition) is 3. The predicted octanol–water partition coefficient (Wildman–Crippen LogP) is 2.42. The lowest BCUT2D eigenvalue weighted by atomic mass is 10.2. The van der Waals surface area contributed by atoms with Gasteiger partial charge in [-0.1, -0.05) is 24.3 Å². The van der Waals surface area contributed by atoms with Crippen molar-refractivity contribution in [3.63, 3.8) is 0 Å². The maximum atomic E-state index is 12.0. The van der Waals surface area contributed by atoms with Crippen molar-refractivity contribution >= 4 is 34.9 Å². The van der Waals surface area contributed by atoms with E-state index in [1.54, 1.807) is 24.3 Å². The summed E-state index contributed by atoms with van der Waals surface area (Å²) in [5, 5.41) is 14.2. The Morgan fingerprint density at radius 1 is 1.32 bits per heavy atom. The predicted molar refractivity (Wildman–Crippen MR) is 98.7 cm³/mol. The van der Waals surface area contributed by atoms with Crippen LogP contribution >= 0.6 is 11.8 Å². The zero-order valence-electron chi connectivity index (χ0n) is 13.8. The largest absolute Gasteiger partial charge is 0.508 e. The molecule has 3 rings (SSSR count). The summed E-state index contributed by atoms with van der Waals surface area (Å²) in [6, 6.07) is 14.7. The fourth-order valence-corrected chi connectivity index (χ4v) is 3.38. The number of thioether (sulfide) groups is 1. The lowest BCUT2D eigenvalue weighted by Gasteiger charge is -1.99. The Kier molecular flexibility index (Phi) is 5.35. The van der Waals surface area contributed by atoms with E-state index in [1.165, 1.54) is 18.0 Å². The van der Waals surface area contributed by atoms with Crippen LogP contribution in [0, 0.1) is 0 Å². The molecule has 128 valence electrons. The number of rotatable bonds is 6. The number of amides is 1. The van der Waals surface area contributed by atoms with Gasteiger partial charge in [0.25, 0.3) is 5.91 Å². The summed E-state index contributed by atoms with van der Waals surface area (Å²) in [5.41, 5.74) is 5.38. The van der Waals surface area contributed by atoms with Crippen molar-refractivity contribution < 1.29 is 14.5 Å². The first kappa shape index (κ1) is 17.0. The van der Waals surface area contributed by atoms with E-state index >= 15 is 0 Å². The molecule has 0 spiro atoms. The number of para-hydroxylation sites is 2. The number of carbonyl (C=O) groups is 1. The number of nitrogens with one attached hydrogen (secondary N) is 2. The summed E-state index contributed by atoms with van der Waals surface area (Å²) in [7, 11) is 0. The van der Waals surface area contributed by atoms with E-state index < -0.39 is 0 Å². The molecule has 6 nitrogen and oxygen atoms in total. The highest BCUT2D eigenvalue weighted by molar-refractivity contribution is 7.99. The van der Waals surface area contributed by atoms with Crippen LogP contribution in [0.2, 0.25) is 0 Å². The number of hydrazone groups is 1. The number of aromatic nitrogens is 2. The van der Waals surface area contributed by atoms with Gasteiger partial charge >= 0.3 is 5.16 Å². The van der Waals surface area contributed by atoms with Crippen molar-refractivity contribution in [3.05, 3.63) is 54.1 Å². The van der Waals surface area contributed by atoms with Crippen LogP contribution in [0.25, 0.3) is 11.0 Å². The molecule has 3 aromatic rings. The number of carbonyl (C=O) groups excluding carboxylic acids is 1. The van der Waals surface area contributed by atoms with Crippen LogP contribution in [-0.2, 0) is 11.3 Å². The van der Waals surface area contributed by atoms with Crippen LogP contribution in [0.15, 0.2) is 58.8 Å². The van der Waals surface area contributed by atoms with Crippen LogP contribution < -0.4 is 9.99 Å². The molecule has 2 aromatic carbocycles. The molecule has 25 heavy (non-hydrogen) atoms. The third-order valence-electron chi connectivity index (χ3n) is 3.61. The Morgan fingerprint density at radius 2 is 2.16 bits per heavy atom. The second-order valence-corrected chi connectivity index (χ2v) is 6.33. The van der Waals surface area contributed by atoms with Crippen molar-refractivity contribution in [2.45, 2.75) is 18.6 Å². The van der Waals surface area contributed by atoms with E-state index in [2.05, 4.69) is 33.1 Å². The summed E-state index contributed by atoms with van der Waals surface area (Å²) in [6.45, 7) is 2.90. The molecule has 1 heterocycles. The number of aromatic hydroxyl groups is 1. The normalized spacial score (nSPS) is 11.2. The number of aromatic amines is 1. The highest BCUT2D eigenvalue weighted by Crippen LogP contribution is 2.17. The first-order chi connectivity index (χ1) is 12.2. The minimum Gasteiger partial charge on any atom is -0.508 e. The van der Waals surface area contributed by atoms with Crippen molar-refractivity contribution in [2.24, 2.45) is 5.10 Å². The Bertz CT molecular complexity index is 920. The number of imidazole rings is 1. The van der Waals surface area contributed by atoms with Gasteiger partial charge in [0.05, 0.1) is 18.5 Å². The van der Waals surface area contributed by atoms with E-state index in [0.29, 0.717) is 5.56 Å². The molecule has 0 saturated heterocycles. The molecule has 0 saturated carbocycles. The molecule has 0 radical (unpaired) electrons. The monoisotopic (exact) mass is 355 g/mol. The second kappa shape index (κ2) is 7.85. The van der Waals surface area contributed by atoms with Crippen LogP contribution in [0.5, 0.6) is 5.75 Å². The zero-order valence-corrected chi connectivity index (χ0v) is 14.6. The smallest absolute Gasteiger partial charge is 0.317 e. The quantitative estimate of drug-likeness (QED) is 0.275. The Labute approximate surface area is 149 Å². The third-order valence-corrected chi connectivity index (χ3v) is 4.61. The van der Waals surface area contributed by atoms with E-state index in [4.69, 9.17) is 0 Å². The van der Waals surface area contributed by atoms with Crippen LogP contribution in [-0.4, -0.2) is 28.0 Å². The van der Waals surface area contributed by atoms with Crippen LogP contribution in [0.4, 0.5) is 0 Å². The molecule has 7 heteroatoms. The highest BCUT2D eigenvalue weighted by atomic mass is 32.2. The minimum absolute atomic E-state index is 0.161. The molecule has 0 bridgehead atoms. The molecular weight excluding hydrogens is 336 g/mol. The van der Waals surface area contributed by atoms with Crippen LogP contribution in [0.3, 0.4) is 0 Å². The molecular formula is C18H19N4O2S+. The lowest BCUT2D eigenvalue weighted by molar-refractivity contribution is -0.705. The molecule has 1 amide bonds. The molecule has 0 fully saturated rings. The van der Waals surface area contributed by atoms with Crippen molar-refractivity contribution in [3.8, 4) is 5.75 Å². The topological polar surface area (TPSA) is 81.4 Å². The number of phenols is 1. The summed E-state index contributed by atoms with van der Waals surface area (Å²) in [5.74, 6) is 0.223. The second-order valence-electron chi connectivity index (χ2n) is 5.37. The highest BCUT2D eigenvalue weighted by Gasteiger charge is 2.18. The van der Waals surface area contributed by atoms with Crippen molar-refractivity contribution in [2.75, 3.05) is 5.75 Å². The van der Waals surface area contributed by atoms with Gasteiger partial charge in [-0.15, -0.1) is 0 Å². The Balaban J connectivity index is 1.59. The first-order valence-corrected chi connectivity index (χ1v) is 8.90. The number of nitrogens with zero attached hydrogens (tertiary/aromatic N) is 2. The maximum absolute atomic E-state index is 12.0. The number of phenolic OH excluding ortho intramolecular Hbond substituents is 1. The van der Waals surface area contributed by atoms with Gasteiger partial charge in [0.15, 0.2) is 11.0 Å². The van der Waals surface area contributed by atoms with Crippen molar-refractivity contribution in [1.82, 2.24) is 10.4 Å². The molecule has 0 aliphatic heterocycles. The fourth-order valence-electron chi connectivity index (χ4n) is 2.48. The summed E-state index contributed by atoms with van der Waals surface area (Å²) in [4.78, 5) is 15.3. The number of aryl methyl sites for hydroxylation is 1. The third kappa shape index (κ3) is 4.19. The van der Waals surface area contributed by atoms with Crippen LogP contribution in [0.1, 0.15) is 12.5 Å². The van der Waals surface area contributed by atoms with Gasteiger partial charge in [0.1, 0.15) is 5.75 Å². The Morgan fingerprint density at radius 3 is 2.96 bits per heavy atom. The molecule has 0 unspecified atom stereocenters. The lowest BCUT2D eigenvalue weighted by Crippen LogP contribution is -2.34. The van der Waals surface area contributed by atoms with Gasteiger partial charge in [-0.05, 0) is 48.5 Å². The van der Waals surface area contributed by atoms with Gasteiger partial charge in [0, 0.05) is 0 Å². The zero-order chi connectivity index (χ0) is 17.6. The fraction of sp³-hybridized carbons (Fsp3) is 0.167. The summed E-state index contributed by atoms with van der Waals surface area (Å²) >= 11 is 1.44. The minimum atomic E-state index is -0.192. The average molecular weight is 355 g/mol. The first-order valence-electron chi connectivity index (χ1n) is 7.91. The molecule has 1 aromatic heterocycles. The average Bonchev–Trinajstić information content (AvgIpc) is 2.97. The van der Waals surface area contributed by atoms with E-state index in [1.807, 2.05) is 18.2 Å². The molecule has 0 aliphatic rings. The number of H-pyrrole nitrogens is 1. The maximum Gasteiger partial charge on any atom is 0.317 e. The number of benzene rings is 2. The van der Waals surface area contributed by atoms with E-state index in [0.717, 1.165) is 22.7 Å². The summed E-state index contributed by atoms with van der Waals surface area (Å²) in [6.07, 6.45) is 1.50. The van der Waals surface area contributed by atoms with Gasteiger partial charge in [-0.25, -0.2) is 15.0 Å². The van der Waals surface area contributed by atoms with Gasteiger partial charge in [0.2, 0.25) is 0 Å². The Hall–Kier alpha value is -2.80.